The van der Waals surface area contributed by atoms with Crippen molar-refractivity contribution in [1.29, 1.82) is 5.26 Å². The Balaban J connectivity index is 1.49. The molecule has 4 rings (SSSR count). The monoisotopic (exact) mass is 397 g/mol. The van der Waals surface area contributed by atoms with Crippen LogP contribution in [-0.2, 0) is 9.47 Å². The maximum absolute atomic E-state index is 10.6. The number of hydrogen-bond donors (Lipinski definition) is 3. The van der Waals surface area contributed by atoms with Gasteiger partial charge in [0.25, 0.3) is 0 Å². The summed E-state index contributed by atoms with van der Waals surface area (Å²) < 4.78 is 18.1. The van der Waals surface area contributed by atoms with E-state index in [0.717, 1.165) is 0 Å². The average Bonchev–Trinajstić information content (AvgIpc) is 3.28. The van der Waals surface area contributed by atoms with Crippen molar-refractivity contribution in [2.75, 3.05) is 19.1 Å². The molecule has 2 aromatic heterocycles. The normalized spacial score (nSPS) is 26.4. The summed E-state index contributed by atoms with van der Waals surface area (Å²) in [4.78, 5) is 3.91. The van der Waals surface area contributed by atoms with Gasteiger partial charge in [0.1, 0.15) is 42.0 Å². The smallest absolute Gasteiger partial charge is 0.206 e. The zero-order valence-electron chi connectivity index (χ0n) is 15.3. The molecule has 4 N–H and O–H groups in total. The van der Waals surface area contributed by atoms with E-state index in [4.69, 9.17) is 19.9 Å². The number of nitriles is 1. The van der Waals surface area contributed by atoms with Crippen LogP contribution in [0.4, 0.5) is 5.82 Å². The fourth-order valence-corrected chi connectivity index (χ4v) is 3.30. The number of aliphatic hydroxyl groups is 2. The number of anilines is 1. The van der Waals surface area contributed by atoms with E-state index >= 15 is 0 Å². The van der Waals surface area contributed by atoms with Crippen molar-refractivity contribution in [2.24, 2.45) is 0 Å². The van der Waals surface area contributed by atoms with Crippen molar-refractivity contribution < 1.29 is 24.4 Å². The molecule has 29 heavy (non-hydrogen) atoms. The lowest BCUT2D eigenvalue weighted by atomic mass is 9.96. The van der Waals surface area contributed by atoms with Crippen molar-refractivity contribution in [2.45, 2.75) is 23.9 Å². The number of ether oxygens (including phenoxy) is 3. The molecule has 1 aromatic carbocycles. The second kappa shape index (κ2) is 7.65. The molecular formula is C19H19N5O5. The van der Waals surface area contributed by atoms with Gasteiger partial charge in [-0.15, -0.1) is 0 Å². The van der Waals surface area contributed by atoms with Gasteiger partial charge >= 0.3 is 0 Å². The first-order valence-corrected chi connectivity index (χ1v) is 8.84. The van der Waals surface area contributed by atoms with Crippen LogP contribution in [0.1, 0.15) is 11.8 Å². The highest BCUT2D eigenvalue weighted by Crippen LogP contribution is 2.40. The highest BCUT2D eigenvalue weighted by Gasteiger charge is 2.56. The van der Waals surface area contributed by atoms with Crippen LogP contribution >= 0.6 is 0 Å². The van der Waals surface area contributed by atoms with Gasteiger partial charge in [0.05, 0.1) is 12.3 Å². The minimum atomic E-state index is -1.77. The second-order valence-corrected chi connectivity index (χ2v) is 6.60. The number of rotatable bonds is 6. The summed E-state index contributed by atoms with van der Waals surface area (Å²) in [6.45, 7) is -0.451. The van der Waals surface area contributed by atoms with Gasteiger partial charge < -0.3 is 30.2 Å². The Morgan fingerprint density at radius 2 is 2.03 bits per heavy atom. The molecule has 150 valence electrons. The lowest BCUT2D eigenvalue weighted by molar-refractivity contribution is -0.113. The number of aromatic nitrogens is 3. The van der Waals surface area contributed by atoms with Gasteiger partial charge in [0.2, 0.25) is 5.60 Å². The van der Waals surface area contributed by atoms with Gasteiger partial charge in [-0.2, -0.15) is 10.4 Å². The van der Waals surface area contributed by atoms with E-state index in [1.165, 1.54) is 10.8 Å². The lowest BCUT2D eigenvalue weighted by Gasteiger charge is -2.24. The summed E-state index contributed by atoms with van der Waals surface area (Å²) in [6.07, 6.45) is -2.62. The summed E-state index contributed by atoms with van der Waals surface area (Å²) in [5, 5.41) is 34.9. The predicted octanol–water partition coefficient (Wildman–Crippen LogP) is 0.420. The van der Waals surface area contributed by atoms with E-state index in [2.05, 4.69) is 10.1 Å². The molecule has 0 spiro atoms. The number of nitrogens with two attached hydrogens (primary N) is 1. The molecule has 0 radical (unpaired) electrons. The van der Waals surface area contributed by atoms with Crippen LogP contribution in [0.25, 0.3) is 5.52 Å². The van der Waals surface area contributed by atoms with Crippen molar-refractivity contribution in [3.8, 4) is 11.8 Å². The van der Waals surface area contributed by atoms with E-state index in [1.807, 2.05) is 24.3 Å². The van der Waals surface area contributed by atoms with Crippen molar-refractivity contribution in [3.63, 3.8) is 0 Å². The molecule has 10 nitrogen and oxygen atoms in total. The quantitative estimate of drug-likeness (QED) is 0.397. The minimum Gasteiger partial charge on any atom is -0.468 e. The first kappa shape index (κ1) is 19.1. The van der Waals surface area contributed by atoms with E-state index < -0.39 is 23.9 Å². The Bertz CT molecular complexity index is 1040. The fourth-order valence-electron chi connectivity index (χ4n) is 3.30. The zero-order chi connectivity index (χ0) is 20.4. The molecule has 3 heterocycles. The molecule has 3 aromatic rings. The van der Waals surface area contributed by atoms with E-state index in [1.54, 1.807) is 24.3 Å². The molecule has 4 atom stereocenters. The summed E-state index contributed by atoms with van der Waals surface area (Å²) in [6, 6.07) is 14.2. The molecule has 0 unspecified atom stereocenters. The van der Waals surface area contributed by atoms with Gasteiger partial charge in [0, 0.05) is 0 Å². The Kier molecular flexibility index (Phi) is 5.04. The van der Waals surface area contributed by atoms with Crippen molar-refractivity contribution in [1.82, 2.24) is 14.6 Å². The SMILES string of the molecule is N#C[C@]1(COCOc2ccccc2)O[C@@H](c2ccc3c(N)ncnn23)[C@H](O)[C@@H]1O. The van der Waals surface area contributed by atoms with Gasteiger partial charge in [-0.25, -0.2) is 9.50 Å². The third-order valence-corrected chi connectivity index (χ3v) is 4.81. The average molecular weight is 397 g/mol. The van der Waals surface area contributed by atoms with Crippen LogP contribution < -0.4 is 10.5 Å². The van der Waals surface area contributed by atoms with E-state index in [9.17, 15) is 15.5 Å². The number of benzene rings is 1. The molecule has 10 heteroatoms. The molecule has 1 saturated heterocycles. The molecule has 1 aliphatic heterocycles. The van der Waals surface area contributed by atoms with Gasteiger partial charge in [0.15, 0.2) is 12.6 Å². The first-order valence-electron chi connectivity index (χ1n) is 8.84. The Morgan fingerprint density at radius 1 is 1.24 bits per heavy atom. The van der Waals surface area contributed by atoms with Crippen molar-refractivity contribution >= 4 is 11.3 Å². The highest BCUT2D eigenvalue weighted by atomic mass is 16.7. The summed E-state index contributed by atoms with van der Waals surface area (Å²) in [5.41, 5.74) is 5.01. The van der Waals surface area contributed by atoms with Gasteiger partial charge in [-0.1, -0.05) is 18.2 Å². The third-order valence-electron chi connectivity index (χ3n) is 4.81. The van der Waals surface area contributed by atoms with Crippen LogP contribution in [-0.4, -0.2) is 56.0 Å². The number of nitrogen functional groups attached to an aromatic ring is 1. The Morgan fingerprint density at radius 3 is 2.79 bits per heavy atom. The van der Waals surface area contributed by atoms with Crippen LogP contribution in [0.15, 0.2) is 48.8 Å². The summed E-state index contributed by atoms with van der Waals surface area (Å²) in [5.74, 6) is 0.855. The maximum atomic E-state index is 10.6. The van der Waals surface area contributed by atoms with Crippen LogP contribution in [0.5, 0.6) is 5.75 Å². The minimum absolute atomic E-state index is 0.151. The molecule has 1 fully saturated rings. The molecule has 1 aliphatic rings. The Hall–Kier alpha value is -3.23. The lowest BCUT2D eigenvalue weighted by Crippen LogP contribution is -2.46. The van der Waals surface area contributed by atoms with Crippen LogP contribution in [0.3, 0.4) is 0 Å². The predicted molar refractivity (Wildman–Crippen MR) is 99.5 cm³/mol. The van der Waals surface area contributed by atoms with E-state index in [0.29, 0.717) is 17.0 Å². The molecule has 0 amide bonds. The fraction of sp³-hybridized carbons (Fsp3) is 0.316. The van der Waals surface area contributed by atoms with E-state index in [-0.39, 0.29) is 19.2 Å². The number of para-hydroxylation sites is 1. The van der Waals surface area contributed by atoms with Gasteiger partial charge in [-0.3, -0.25) is 0 Å². The van der Waals surface area contributed by atoms with Crippen LogP contribution in [0.2, 0.25) is 0 Å². The largest absolute Gasteiger partial charge is 0.468 e. The second-order valence-electron chi connectivity index (χ2n) is 6.60. The number of aliphatic hydroxyl groups excluding tert-OH is 2. The molecule has 0 bridgehead atoms. The van der Waals surface area contributed by atoms with Gasteiger partial charge in [-0.05, 0) is 24.3 Å². The number of fused-ring (bicyclic) bond motifs is 1. The third kappa shape index (κ3) is 3.37. The molecule has 0 saturated carbocycles. The number of nitrogens with zero attached hydrogens (tertiary/aromatic N) is 4. The first-order chi connectivity index (χ1) is 14.1. The number of hydrogen-bond acceptors (Lipinski definition) is 9. The Labute approximate surface area is 165 Å². The summed E-state index contributed by atoms with van der Waals surface area (Å²) in [7, 11) is 0. The zero-order valence-corrected chi connectivity index (χ0v) is 15.3. The molecular weight excluding hydrogens is 378 g/mol. The maximum Gasteiger partial charge on any atom is 0.206 e. The standard InChI is InChI=1S/C19H19N5O5/c20-8-19(9-27-11-28-12-4-2-1-3-5-12)17(26)15(25)16(29-19)13-6-7-14-18(21)22-10-23-24(13)14/h1-7,10,15-17,25-26H,9,11H2,(H2,21,22,23)/t15-,16-,17-,19+/m0/s1. The molecule has 0 aliphatic carbocycles. The van der Waals surface area contributed by atoms with Crippen molar-refractivity contribution in [3.05, 3.63) is 54.5 Å². The van der Waals surface area contributed by atoms with Crippen LogP contribution in [0, 0.1) is 11.3 Å². The highest BCUT2D eigenvalue weighted by molar-refractivity contribution is 5.65. The summed E-state index contributed by atoms with van der Waals surface area (Å²) >= 11 is 0. The topological polar surface area (TPSA) is 148 Å².